The van der Waals surface area contributed by atoms with Crippen molar-refractivity contribution in [3.63, 3.8) is 0 Å². The first-order valence-corrected chi connectivity index (χ1v) is 9.31. The van der Waals surface area contributed by atoms with E-state index < -0.39 is 10.0 Å². The highest BCUT2D eigenvalue weighted by atomic mass is 35.5. The lowest BCUT2D eigenvalue weighted by molar-refractivity contribution is 0.395. The number of halogens is 2. The summed E-state index contributed by atoms with van der Waals surface area (Å²) in [5.74, 6) is 0. The van der Waals surface area contributed by atoms with Crippen LogP contribution in [0.1, 0.15) is 38.2 Å². The summed E-state index contributed by atoms with van der Waals surface area (Å²) in [5.41, 5.74) is 6.19. The Morgan fingerprint density at radius 1 is 1.29 bits per heavy atom. The molecule has 1 aromatic carbocycles. The van der Waals surface area contributed by atoms with E-state index in [0.717, 1.165) is 25.7 Å². The number of benzene rings is 1. The van der Waals surface area contributed by atoms with Crippen LogP contribution in [0, 0.1) is 0 Å². The highest BCUT2D eigenvalue weighted by Gasteiger charge is 2.38. The Labute approximate surface area is 136 Å². The molecule has 0 heterocycles. The first kappa shape index (κ1) is 17.0. The molecule has 118 valence electrons. The molecule has 0 radical (unpaired) electrons. The summed E-state index contributed by atoms with van der Waals surface area (Å²) in [7, 11) is -3.60. The first-order valence-electron chi connectivity index (χ1n) is 7.11. The minimum absolute atomic E-state index is 0.106. The van der Waals surface area contributed by atoms with Gasteiger partial charge in [-0.1, -0.05) is 36.5 Å². The van der Waals surface area contributed by atoms with Crippen molar-refractivity contribution in [3.8, 4) is 0 Å². The van der Waals surface area contributed by atoms with Gasteiger partial charge < -0.3 is 5.73 Å². The van der Waals surface area contributed by atoms with Gasteiger partial charge in [0.05, 0.1) is 5.02 Å². The average molecular weight is 351 g/mol. The van der Waals surface area contributed by atoms with Gasteiger partial charge in [0, 0.05) is 24.2 Å². The summed E-state index contributed by atoms with van der Waals surface area (Å²) in [4.78, 5) is 0.108. The topological polar surface area (TPSA) is 63.4 Å². The summed E-state index contributed by atoms with van der Waals surface area (Å²) < 4.78 is 27.3. The summed E-state index contributed by atoms with van der Waals surface area (Å²) in [6.45, 7) is 2.75. The zero-order chi connectivity index (χ0) is 15.6. The molecule has 0 unspecified atom stereocenters. The van der Waals surface area contributed by atoms with Gasteiger partial charge in [0.1, 0.15) is 4.90 Å². The summed E-state index contributed by atoms with van der Waals surface area (Å²) in [5, 5.41) is 0.548. The third-order valence-electron chi connectivity index (χ3n) is 3.59. The molecule has 0 saturated heterocycles. The van der Waals surface area contributed by atoms with E-state index in [4.69, 9.17) is 28.9 Å². The molecule has 0 atom stereocenters. The van der Waals surface area contributed by atoms with E-state index in [1.54, 1.807) is 4.31 Å². The largest absolute Gasteiger partial charge is 0.326 e. The van der Waals surface area contributed by atoms with Crippen molar-refractivity contribution in [2.24, 2.45) is 5.73 Å². The number of sulfonamides is 1. The minimum Gasteiger partial charge on any atom is -0.326 e. The van der Waals surface area contributed by atoms with Crippen LogP contribution in [0.3, 0.4) is 0 Å². The van der Waals surface area contributed by atoms with Gasteiger partial charge >= 0.3 is 0 Å². The van der Waals surface area contributed by atoms with E-state index in [1.807, 2.05) is 6.92 Å². The zero-order valence-electron chi connectivity index (χ0n) is 12.0. The SMILES string of the molecule is CCCCN(C1CC1)S(=O)(=O)c1cc(CN)c(Cl)cc1Cl. The fourth-order valence-electron chi connectivity index (χ4n) is 2.23. The van der Waals surface area contributed by atoms with Crippen LogP contribution in [-0.2, 0) is 16.6 Å². The van der Waals surface area contributed by atoms with Crippen molar-refractivity contribution >= 4 is 33.2 Å². The smallest absolute Gasteiger partial charge is 0.244 e. The number of hydrogen-bond donors (Lipinski definition) is 1. The maximum atomic E-state index is 12.9. The van der Waals surface area contributed by atoms with Gasteiger partial charge in [-0.15, -0.1) is 0 Å². The molecule has 7 heteroatoms. The van der Waals surface area contributed by atoms with E-state index in [0.29, 0.717) is 17.1 Å². The number of nitrogens with two attached hydrogens (primary N) is 1. The number of rotatable bonds is 7. The molecule has 0 amide bonds. The second-order valence-corrected chi connectivity index (χ2v) is 7.95. The lowest BCUT2D eigenvalue weighted by atomic mass is 10.2. The van der Waals surface area contributed by atoms with Gasteiger partial charge in [0.25, 0.3) is 0 Å². The number of unbranched alkanes of at least 4 members (excludes halogenated alkanes) is 1. The van der Waals surface area contributed by atoms with Gasteiger partial charge in [0.2, 0.25) is 10.0 Å². The fourth-order valence-corrected chi connectivity index (χ4v) is 4.80. The molecular formula is C14H20Cl2N2O2S. The van der Waals surface area contributed by atoms with Crippen molar-refractivity contribution < 1.29 is 8.42 Å². The molecule has 21 heavy (non-hydrogen) atoms. The lowest BCUT2D eigenvalue weighted by Gasteiger charge is -2.23. The van der Waals surface area contributed by atoms with E-state index in [9.17, 15) is 8.42 Å². The standard InChI is InChI=1S/C14H20Cl2N2O2S/c1-2-3-6-18(11-4-5-11)21(19,20)14-7-10(9-17)12(15)8-13(14)16/h7-8,11H,2-6,9,17H2,1H3. The molecule has 1 fully saturated rings. The molecule has 1 aliphatic carbocycles. The second kappa shape index (κ2) is 6.84. The van der Waals surface area contributed by atoms with Crippen LogP contribution in [0.4, 0.5) is 0 Å². The third-order valence-corrected chi connectivity index (χ3v) is 6.36. The Balaban J connectivity index is 2.41. The molecule has 2 N–H and O–H groups in total. The van der Waals surface area contributed by atoms with Crippen LogP contribution in [-0.4, -0.2) is 25.3 Å². The minimum atomic E-state index is -3.60. The first-order chi connectivity index (χ1) is 9.91. The normalized spacial score (nSPS) is 15.7. The maximum Gasteiger partial charge on any atom is 0.244 e. The van der Waals surface area contributed by atoms with E-state index in [2.05, 4.69) is 0 Å². The number of nitrogens with zero attached hydrogens (tertiary/aromatic N) is 1. The Bertz CT molecular complexity index is 616. The van der Waals surface area contributed by atoms with Crippen LogP contribution >= 0.6 is 23.2 Å². The Kier molecular flexibility index (Phi) is 5.54. The maximum absolute atomic E-state index is 12.9. The summed E-state index contributed by atoms with van der Waals surface area (Å²) in [6, 6.07) is 3.07. The quantitative estimate of drug-likeness (QED) is 0.819. The predicted molar refractivity (Wildman–Crippen MR) is 86.2 cm³/mol. The van der Waals surface area contributed by atoms with Crippen molar-refractivity contribution in [2.75, 3.05) is 6.54 Å². The van der Waals surface area contributed by atoms with Crippen LogP contribution < -0.4 is 5.73 Å². The molecule has 0 bridgehead atoms. The molecule has 0 aromatic heterocycles. The van der Waals surface area contributed by atoms with Gasteiger partial charge in [-0.05, 0) is 37.0 Å². The second-order valence-electron chi connectivity index (χ2n) is 5.28. The molecule has 0 spiro atoms. The van der Waals surface area contributed by atoms with Crippen LogP contribution in [0.5, 0.6) is 0 Å². The Morgan fingerprint density at radius 2 is 1.95 bits per heavy atom. The van der Waals surface area contributed by atoms with Gasteiger partial charge in [-0.3, -0.25) is 0 Å². The van der Waals surface area contributed by atoms with Crippen LogP contribution in [0.25, 0.3) is 0 Å². The van der Waals surface area contributed by atoms with Gasteiger partial charge in [0.15, 0.2) is 0 Å². The highest BCUT2D eigenvalue weighted by molar-refractivity contribution is 7.89. The van der Waals surface area contributed by atoms with E-state index >= 15 is 0 Å². The molecule has 1 saturated carbocycles. The van der Waals surface area contributed by atoms with Gasteiger partial charge in [-0.2, -0.15) is 4.31 Å². The van der Waals surface area contributed by atoms with Crippen molar-refractivity contribution in [2.45, 2.75) is 50.1 Å². The molecule has 2 rings (SSSR count). The fraction of sp³-hybridized carbons (Fsp3) is 0.571. The number of hydrogen-bond acceptors (Lipinski definition) is 3. The van der Waals surface area contributed by atoms with Crippen LogP contribution in [0.15, 0.2) is 17.0 Å². The highest BCUT2D eigenvalue weighted by Crippen LogP contribution is 2.36. The monoisotopic (exact) mass is 350 g/mol. The predicted octanol–water partition coefficient (Wildman–Crippen LogP) is 3.41. The van der Waals surface area contributed by atoms with Gasteiger partial charge in [-0.25, -0.2) is 8.42 Å². The third kappa shape index (κ3) is 3.71. The average Bonchev–Trinajstić information content (AvgIpc) is 3.23. The molecular weight excluding hydrogens is 331 g/mol. The Morgan fingerprint density at radius 3 is 2.48 bits per heavy atom. The molecule has 1 aromatic rings. The van der Waals surface area contributed by atoms with Crippen molar-refractivity contribution in [1.29, 1.82) is 0 Å². The molecule has 1 aliphatic rings. The van der Waals surface area contributed by atoms with E-state index in [1.165, 1.54) is 12.1 Å². The lowest BCUT2D eigenvalue weighted by Crippen LogP contribution is -2.34. The van der Waals surface area contributed by atoms with Crippen molar-refractivity contribution in [3.05, 3.63) is 27.7 Å². The zero-order valence-corrected chi connectivity index (χ0v) is 14.3. The molecule has 4 nitrogen and oxygen atoms in total. The van der Waals surface area contributed by atoms with Crippen LogP contribution in [0.2, 0.25) is 10.0 Å². The summed E-state index contributed by atoms with van der Waals surface area (Å²) >= 11 is 12.1. The summed E-state index contributed by atoms with van der Waals surface area (Å²) in [6.07, 6.45) is 3.61. The van der Waals surface area contributed by atoms with E-state index in [-0.39, 0.29) is 22.5 Å². The van der Waals surface area contributed by atoms with Crippen molar-refractivity contribution in [1.82, 2.24) is 4.31 Å². The Hall–Kier alpha value is -0.330. The molecule has 0 aliphatic heterocycles.